The molecule has 63 heavy (non-hydrogen) atoms. The second kappa shape index (κ2) is 22.3. The third kappa shape index (κ3) is 12.1. The van der Waals surface area contributed by atoms with Gasteiger partial charge in [-0.1, -0.05) is 87.1 Å². The van der Waals surface area contributed by atoms with Gasteiger partial charge in [0, 0.05) is 42.1 Å². The summed E-state index contributed by atoms with van der Waals surface area (Å²) in [5, 5.41) is 0.0597. The average Bonchev–Trinajstić information content (AvgIpc) is 3.58. The molecule has 5 rings (SSSR count). The molecule has 16 heteroatoms. The van der Waals surface area contributed by atoms with Gasteiger partial charge in [0.15, 0.2) is 17.6 Å². The van der Waals surface area contributed by atoms with E-state index in [-0.39, 0.29) is 30.4 Å². The Bertz CT molecular complexity index is 2120. The maximum Gasteiger partial charge on any atom is 0.330 e. The molecule has 6 atom stereocenters. The summed E-state index contributed by atoms with van der Waals surface area (Å²) in [5.74, 6) is 1.76. The Morgan fingerprint density at radius 1 is 0.841 bits per heavy atom. The number of nitrogens with one attached hydrogen (secondary N) is 1. The first-order valence-electron chi connectivity index (χ1n) is 21.1. The molecule has 1 N–H and O–H groups in total. The normalized spacial score (nSPS) is 19.2. The van der Waals surface area contributed by atoms with Crippen LogP contribution in [0.5, 0.6) is 11.5 Å². The fourth-order valence-corrected chi connectivity index (χ4v) is 10.0. The van der Waals surface area contributed by atoms with Gasteiger partial charge >= 0.3 is 5.69 Å². The van der Waals surface area contributed by atoms with Crippen LogP contribution in [0.15, 0.2) is 94.6 Å². The molecular weight excluding hydrogens is 846 g/mol. The number of methoxy groups -OCH3 is 3. The third-order valence-corrected chi connectivity index (χ3v) is 14.0. The highest BCUT2D eigenvalue weighted by Gasteiger charge is 2.52. The fraction of sp³-hybridized carbons (Fsp3) is 0.511. The smallest absolute Gasteiger partial charge is 0.330 e. The van der Waals surface area contributed by atoms with Crippen molar-refractivity contribution in [2.24, 2.45) is 5.41 Å². The highest BCUT2D eigenvalue weighted by Crippen LogP contribution is 2.51. The van der Waals surface area contributed by atoms with Gasteiger partial charge < -0.3 is 37.5 Å². The molecule has 0 amide bonds. The van der Waals surface area contributed by atoms with Crippen molar-refractivity contribution in [3.8, 4) is 11.5 Å². The molecule has 1 aliphatic heterocycles. The van der Waals surface area contributed by atoms with Crippen LogP contribution in [0.4, 0.5) is 0 Å². The average molecular weight is 910 g/mol. The van der Waals surface area contributed by atoms with Crippen LogP contribution in [0.3, 0.4) is 0 Å². The van der Waals surface area contributed by atoms with Gasteiger partial charge in [0.2, 0.25) is 0 Å². The number of carbonyl (C=O) groups is 1. The SMILES string of the molecule is COc1ccc(C(OC[C@H]2O[C@@H](n3cc(C)c(=O)[nH]c3=O)[C@H](OC(C)OC)[C@@H]2OP(OCCSC(=O)C(C)(C)C)N(C(C)C)C(C)C)(c2ccccc2)c2ccc(OC)cc2)cc1. The summed E-state index contributed by atoms with van der Waals surface area (Å²) in [6.07, 6.45) is -3.26. The third-order valence-electron chi connectivity index (χ3n) is 10.6. The largest absolute Gasteiger partial charge is 0.497 e. The molecule has 1 fully saturated rings. The van der Waals surface area contributed by atoms with Crippen molar-refractivity contribution in [2.75, 3.05) is 40.3 Å². The number of carbonyl (C=O) groups excluding carboxylic acids is 1. The van der Waals surface area contributed by atoms with Gasteiger partial charge in [0.25, 0.3) is 14.1 Å². The lowest BCUT2D eigenvalue weighted by Gasteiger charge is -2.39. The molecule has 14 nitrogen and oxygen atoms in total. The van der Waals surface area contributed by atoms with E-state index in [4.69, 9.17) is 37.5 Å². The summed E-state index contributed by atoms with van der Waals surface area (Å²) in [6, 6.07) is 25.3. The molecule has 1 aromatic heterocycles. The zero-order valence-electron chi connectivity index (χ0n) is 38.5. The van der Waals surface area contributed by atoms with Crippen molar-refractivity contribution in [2.45, 2.75) is 111 Å². The van der Waals surface area contributed by atoms with Gasteiger partial charge in [-0.2, -0.15) is 0 Å². The van der Waals surface area contributed by atoms with Gasteiger partial charge in [-0.15, -0.1) is 0 Å². The Hall–Kier alpha value is -3.89. The predicted octanol–water partition coefficient (Wildman–Crippen LogP) is 8.20. The number of H-pyrrole nitrogens is 1. The molecule has 0 spiro atoms. The zero-order valence-corrected chi connectivity index (χ0v) is 40.2. The van der Waals surface area contributed by atoms with E-state index in [1.807, 2.05) is 99.6 Å². The van der Waals surface area contributed by atoms with Crippen molar-refractivity contribution < 1.29 is 42.3 Å². The number of hydrogen-bond acceptors (Lipinski definition) is 13. The van der Waals surface area contributed by atoms with Crippen molar-refractivity contribution in [3.63, 3.8) is 0 Å². The topological polar surface area (TPSA) is 149 Å². The number of rotatable bonds is 21. The molecule has 2 unspecified atom stereocenters. The number of ether oxygens (including phenoxy) is 6. The van der Waals surface area contributed by atoms with Gasteiger partial charge in [0.1, 0.15) is 35.4 Å². The quantitative estimate of drug-likeness (QED) is 0.0371. The lowest BCUT2D eigenvalue weighted by molar-refractivity contribution is -0.181. The van der Waals surface area contributed by atoms with Gasteiger partial charge in [-0.05, 0) is 82.5 Å². The maximum absolute atomic E-state index is 13.7. The van der Waals surface area contributed by atoms with Crippen molar-refractivity contribution in [1.29, 1.82) is 0 Å². The number of thioether (sulfide) groups is 1. The molecule has 1 aliphatic rings. The molecule has 0 saturated carbocycles. The minimum atomic E-state index is -1.86. The Kier molecular flexibility index (Phi) is 17.8. The van der Waals surface area contributed by atoms with Crippen LogP contribution < -0.4 is 20.7 Å². The first-order valence-corrected chi connectivity index (χ1v) is 23.3. The van der Waals surface area contributed by atoms with Gasteiger partial charge in [0.05, 0.1) is 27.4 Å². The summed E-state index contributed by atoms with van der Waals surface area (Å²) in [5.41, 5.74) is -0.195. The zero-order chi connectivity index (χ0) is 46.1. The molecule has 0 bridgehead atoms. The number of aryl methyl sites for hydroxylation is 1. The maximum atomic E-state index is 13.7. The van der Waals surface area contributed by atoms with E-state index in [1.54, 1.807) is 28.1 Å². The molecule has 1 saturated heterocycles. The van der Waals surface area contributed by atoms with E-state index in [2.05, 4.69) is 37.3 Å². The van der Waals surface area contributed by atoms with Crippen LogP contribution in [0.25, 0.3) is 0 Å². The summed E-state index contributed by atoms with van der Waals surface area (Å²) < 4.78 is 55.0. The van der Waals surface area contributed by atoms with Crippen LogP contribution >= 0.6 is 20.3 Å². The Morgan fingerprint density at radius 2 is 1.40 bits per heavy atom. The van der Waals surface area contributed by atoms with Crippen molar-refractivity contribution in [1.82, 2.24) is 14.2 Å². The summed E-state index contributed by atoms with van der Waals surface area (Å²) in [6.45, 7) is 17.4. The lowest BCUT2D eigenvalue weighted by atomic mass is 9.80. The number of hydrogen-bond donors (Lipinski definition) is 1. The highest BCUT2D eigenvalue weighted by molar-refractivity contribution is 8.13. The first kappa shape index (κ1) is 50.1. The fourth-order valence-electron chi connectivity index (χ4n) is 7.37. The van der Waals surface area contributed by atoms with Crippen molar-refractivity contribution >= 4 is 25.4 Å². The molecule has 4 aromatic rings. The van der Waals surface area contributed by atoms with Crippen LogP contribution in [0.1, 0.15) is 83.9 Å². The molecule has 0 radical (unpaired) electrons. The van der Waals surface area contributed by atoms with Crippen LogP contribution in [0, 0.1) is 12.3 Å². The Morgan fingerprint density at radius 3 is 1.90 bits per heavy atom. The van der Waals surface area contributed by atoms with Crippen LogP contribution in [-0.4, -0.2) is 96.3 Å². The molecular formula is C47H64N3O11PS. The highest BCUT2D eigenvalue weighted by atomic mass is 32.2. The monoisotopic (exact) mass is 909 g/mol. The number of benzene rings is 3. The minimum Gasteiger partial charge on any atom is -0.497 e. The molecule has 3 aromatic carbocycles. The summed E-state index contributed by atoms with van der Waals surface area (Å²) in [7, 11) is 2.89. The molecule has 344 valence electrons. The summed E-state index contributed by atoms with van der Waals surface area (Å²) >= 11 is 1.22. The minimum absolute atomic E-state index is 0.0228. The van der Waals surface area contributed by atoms with Gasteiger partial charge in [-0.3, -0.25) is 19.1 Å². The van der Waals surface area contributed by atoms with E-state index in [0.29, 0.717) is 22.8 Å². The lowest BCUT2D eigenvalue weighted by Crippen LogP contribution is -2.44. The van der Waals surface area contributed by atoms with Crippen LogP contribution in [0.2, 0.25) is 0 Å². The second-order valence-electron chi connectivity index (χ2n) is 16.9. The number of aromatic amines is 1. The van der Waals surface area contributed by atoms with E-state index >= 15 is 0 Å². The number of nitrogens with zero attached hydrogens (tertiary/aromatic N) is 2. The second-order valence-corrected chi connectivity index (χ2v) is 19.3. The number of aromatic nitrogens is 2. The summed E-state index contributed by atoms with van der Waals surface area (Å²) in [4.78, 5) is 41.6. The van der Waals surface area contributed by atoms with Crippen LogP contribution in [-0.2, 0) is 38.4 Å². The van der Waals surface area contributed by atoms with E-state index < -0.39 is 61.6 Å². The van der Waals surface area contributed by atoms with E-state index in [0.717, 1.165) is 16.7 Å². The first-order chi connectivity index (χ1) is 29.9. The molecule has 2 heterocycles. The Labute approximate surface area is 376 Å². The predicted molar refractivity (Wildman–Crippen MR) is 246 cm³/mol. The Balaban J connectivity index is 1.67. The van der Waals surface area contributed by atoms with E-state index in [9.17, 15) is 14.4 Å². The van der Waals surface area contributed by atoms with E-state index in [1.165, 1.54) is 29.6 Å². The molecule has 0 aliphatic carbocycles. The van der Waals surface area contributed by atoms with Gasteiger partial charge in [-0.25, -0.2) is 9.46 Å². The van der Waals surface area contributed by atoms with Crippen molar-refractivity contribution in [3.05, 3.63) is 128 Å². The standard InChI is InChI=1S/C47H64N3O11PS/c1-30(2)50(31(3)4)62(58-26-27-63-44(52)46(7,8)9)61-40-39(60-43(41(40)59-33(6)54-10)49-28-32(5)42(51)48-45(49)53)29-57-47(34-16-14-13-15-17-34,35-18-22-37(55-11)23-19-35)36-20-24-38(56-12)25-21-36/h13-25,28,30-31,33,39-41,43H,26-27,29H2,1-12H3,(H,48,51,53)/t33?,39-,40-,41-,43-,62?/m1/s1.